The fourth-order valence-corrected chi connectivity index (χ4v) is 3.35. The van der Waals surface area contributed by atoms with Crippen molar-refractivity contribution in [2.24, 2.45) is 0 Å². The lowest BCUT2D eigenvalue weighted by molar-refractivity contribution is 0.632. The lowest BCUT2D eigenvalue weighted by Gasteiger charge is -2.35. The van der Waals surface area contributed by atoms with E-state index in [9.17, 15) is 0 Å². The van der Waals surface area contributed by atoms with E-state index in [1.54, 1.807) is 6.20 Å². The summed E-state index contributed by atoms with van der Waals surface area (Å²) in [6, 6.07) is 2.02. The minimum absolute atomic E-state index is 0.842. The van der Waals surface area contributed by atoms with Crippen LogP contribution in [-0.2, 0) is 0 Å². The summed E-state index contributed by atoms with van der Waals surface area (Å²) in [4.78, 5) is 25.0. The molecule has 0 aliphatic carbocycles. The molecule has 0 N–H and O–H groups in total. The second kappa shape index (κ2) is 6.59. The number of piperazine rings is 1. The summed E-state index contributed by atoms with van der Waals surface area (Å²) in [5.41, 5.74) is 0.955. The molecule has 2 saturated heterocycles. The molecular weight excluding hydrogens is 302 g/mol. The van der Waals surface area contributed by atoms with E-state index in [0.717, 1.165) is 62.5 Å². The van der Waals surface area contributed by atoms with Crippen LogP contribution in [0.15, 0.2) is 24.7 Å². The number of aryl methyl sites for hydroxylation is 1. The number of nitrogens with zero attached hydrogens (tertiary/aromatic N) is 7. The molecule has 0 amide bonds. The van der Waals surface area contributed by atoms with E-state index in [0.29, 0.717) is 0 Å². The summed E-state index contributed by atoms with van der Waals surface area (Å²) in [7, 11) is 0. The largest absolute Gasteiger partial charge is 0.356 e. The fraction of sp³-hybridized carbons (Fsp3) is 0.529. The Labute approximate surface area is 142 Å². The standard InChI is InChI=1S/C17H23N7/c1-14-12-18-13-16(20-14)23-8-10-24(11-9-23)17-19-5-4-15(21-17)22-6-2-3-7-22/h4-5,12-13H,2-3,6-11H2,1H3. The molecule has 2 aromatic heterocycles. The van der Waals surface area contributed by atoms with Gasteiger partial charge in [0.25, 0.3) is 0 Å². The Kier molecular flexibility index (Phi) is 4.15. The summed E-state index contributed by atoms with van der Waals surface area (Å²) in [5.74, 6) is 2.86. The van der Waals surface area contributed by atoms with Gasteiger partial charge in [-0.05, 0) is 25.8 Å². The predicted octanol–water partition coefficient (Wildman–Crippen LogP) is 1.50. The van der Waals surface area contributed by atoms with E-state index < -0.39 is 0 Å². The lowest BCUT2D eigenvalue weighted by atomic mass is 10.3. The van der Waals surface area contributed by atoms with Gasteiger partial charge < -0.3 is 14.7 Å². The highest BCUT2D eigenvalue weighted by molar-refractivity contribution is 5.46. The van der Waals surface area contributed by atoms with Crippen molar-refractivity contribution in [3.8, 4) is 0 Å². The SMILES string of the molecule is Cc1cncc(N2CCN(c3nccc(N4CCCC4)n3)CC2)n1. The fourth-order valence-electron chi connectivity index (χ4n) is 3.35. The van der Waals surface area contributed by atoms with Gasteiger partial charge in [-0.2, -0.15) is 4.98 Å². The maximum Gasteiger partial charge on any atom is 0.227 e. The predicted molar refractivity (Wildman–Crippen MR) is 94.7 cm³/mol. The van der Waals surface area contributed by atoms with Gasteiger partial charge in [-0.15, -0.1) is 0 Å². The number of aromatic nitrogens is 4. The summed E-state index contributed by atoms with van der Waals surface area (Å²) < 4.78 is 0. The smallest absolute Gasteiger partial charge is 0.227 e. The van der Waals surface area contributed by atoms with Crippen molar-refractivity contribution in [3.05, 3.63) is 30.4 Å². The van der Waals surface area contributed by atoms with Gasteiger partial charge >= 0.3 is 0 Å². The van der Waals surface area contributed by atoms with Gasteiger partial charge in [0.05, 0.1) is 11.9 Å². The first-order valence-electron chi connectivity index (χ1n) is 8.66. The molecule has 2 aliphatic heterocycles. The molecule has 0 spiro atoms. The van der Waals surface area contributed by atoms with Crippen molar-refractivity contribution >= 4 is 17.6 Å². The summed E-state index contributed by atoms with van der Waals surface area (Å²) in [5, 5.41) is 0. The Bertz CT molecular complexity index is 691. The number of rotatable bonds is 3. The van der Waals surface area contributed by atoms with Crippen LogP contribution in [-0.4, -0.2) is 59.2 Å². The quantitative estimate of drug-likeness (QED) is 0.847. The Morgan fingerprint density at radius 3 is 2.25 bits per heavy atom. The summed E-state index contributed by atoms with van der Waals surface area (Å²) >= 11 is 0. The van der Waals surface area contributed by atoms with Crippen molar-refractivity contribution in [3.63, 3.8) is 0 Å². The molecule has 0 bridgehead atoms. The van der Waals surface area contributed by atoms with Gasteiger partial charge in [-0.3, -0.25) is 4.98 Å². The zero-order valence-corrected chi connectivity index (χ0v) is 14.1. The molecule has 4 heterocycles. The molecule has 2 aliphatic rings. The third-order valence-corrected chi connectivity index (χ3v) is 4.69. The second-order valence-corrected chi connectivity index (χ2v) is 6.40. The van der Waals surface area contributed by atoms with E-state index in [4.69, 9.17) is 4.98 Å². The highest BCUT2D eigenvalue weighted by atomic mass is 15.3. The summed E-state index contributed by atoms with van der Waals surface area (Å²) in [6.45, 7) is 7.82. The van der Waals surface area contributed by atoms with Crippen LogP contribution in [0.5, 0.6) is 0 Å². The van der Waals surface area contributed by atoms with E-state index >= 15 is 0 Å². The highest BCUT2D eigenvalue weighted by Crippen LogP contribution is 2.21. The van der Waals surface area contributed by atoms with Crippen molar-refractivity contribution in [2.45, 2.75) is 19.8 Å². The minimum Gasteiger partial charge on any atom is -0.356 e. The van der Waals surface area contributed by atoms with E-state index in [1.165, 1.54) is 12.8 Å². The van der Waals surface area contributed by atoms with Crippen molar-refractivity contribution in [1.82, 2.24) is 19.9 Å². The van der Waals surface area contributed by atoms with Crippen molar-refractivity contribution in [1.29, 1.82) is 0 Å². The van der Waals surface area contributed by atoms with Crippen LogP contribution in [0.25, 0.3) is 0 Å². The van der Waals surface area contributed by atoms with Gasteiger partial charge in [0.15, 0.2) is 0 Å². The maximum atomic E-state index is 4.78. The molecule has 4 rings (SSSR count). The van der Waals surface area contributed by atoms with Gasteiger partial charge in [-0.1, -0.05) is 0 Å². The average Bonchev–Trinajstić information content (AvgIpc) is 3.17. The zero-order valence-electron chi connectivity index (χ0n) is 14.1. The van der Waals surface area contributed by atoms with Crippen LogP contribution >= 0.6 is 0 Å². The third-order valence-electron chi connectivity index (χ3n) is 4.69. The average molecular weight is 325 g/mol. The molecule has 2 fully saturated rings. The van der Waals surface area contributed by atoms with Crippen LogP contribution in [0.2, 0.25) is 0 Å². The third kappa shape index (κ3) is 3.11. The Hall–Kier alpha value is -2.44. The van der Waals surface area contributed by atoms with Gasteiger partial charge in [-0.25, -0.2) is 9.97 Å². The maximum absolute atomic E-state index is 4.78. The van der Waals surface area contributed by atoms with Crippen molar-refractivity contribution in [2.75, 3.05) is 54.0 Å². The highest BCUT2D eigenvalue weighted by Gasteiger charge is 2.21. The molecule has 2 aromatic rings. The molecular formula is C17H23N7. The number of anilines is 3. The van der Waals surface area contributed by atoms with E-state index in [1.807, 2.05) is 25.4 Å². The Morgan fingerprint density at radius 1 is 0.792 bits per heavy atom. The van der Waals surface area contributed by atoms with Gasteiger partial charge in [0.1, 0.15) is 11.6 Å². The zero-order chi connectivity index (χ0) is 16.4. The number of hydrogen-bond acceptors (Lipinski definition) is 7. The molecule has 0 saturated carbocycles. The molecule has 0 unspecified atom stereocenters. The van der Waals surface area contributed by atoms with Crippen molar-refractivity contribution < 1.29 is 0 Å². The van der Waals surface area contributed by atoms with Crippen LogP contribution in [0.1, 0.15) is 18.5 Å². The first-order valence-corrected chi connectivity index (χ1v) is 8.66. The van der Waals surface area contributed by atoms with Gasteiger partial charge in [0, 0.05) is 51.7 Å². The Morgan fingerprint density at radius 2 is 1.50 bits per heavy atom. The van der Waals surface area contributed by atoms with E-state index in [-0.39, 0.29) is 0 Å². The normalized spacial score (nSPS) is 18.3. The number of hydrogen-bond donors (Lipinski definition) is 0. The minimum atomic E-state index is 0.842. The topological polar surface area (TPSA) is 61.3 Å². The first kappa shape index (κ1) is 15.1. The lowest BCUT2D eigenvalue weighted by Crippen LogP contribution is -2.47. The van der Waals surface area contributed by atoms with Crippen LogP contribution in [0, 0.1) is 6.92 Å². The molecule has 0 aromatic carbocycles. The van der Waals surface area contributed by atoms with Crippen LogP contribution in [0.4, 0.5) is 17.6 Å². The molecule has 7 heteroatoms. The first-order chi connectivity index (χ1) is 11.8. The molecule has 7 nitrogen and oxygen atoms in total. The second-order valence-electron chi connectivity index (χ2n) is 6.40. The van der Waals surface area contributed by atoms with Crippen LogP contribution < -0.4 is 14.7 Å². The molecule has 24 heavy (non-hydrogen) atoms. The summed E-state index contributed by atoms with van der Waals surface area (Å²) in [6.07, 6.45) is 8.03. The molecule has 0 radical (unpaired) electrons. The van der Waals surface area contributed by atoms with Gasteiger partial charge in [0.2, 0.25) is 5.95 Å². The molecule has 0 atom stereocenters. The monoisotopic (exact) mass is 325 g/mol. The van der Waals surface area contributed by atoms with E-state index in [2.05, 4.69) is 29.7 Å². The Balaban J connectivity index is 1.43. The molecule has 126 valence electrons. The van der Waals surface area contributed by atoms with Crippen LogP contribution in [0.3, 0.4) is 0 Å².